The van der Waals surface area contributed by atoms with E-state index in [1.54, 1.807) is 14.2 Å². The molecular formula is C18H25N3O3. The molecule has 0 unspecified atom stereocenters. The number of benzene rings is 1. The van der Waals surface area contributed by atoms with E-state index >= 15 is 0 Å². The number of ether oxygens (including phenoxy) is 2. The zero-order valence-electron chi connectivity index (χ0n) is 14.6. The second-order valence-electron chi connectivity index (χ2n) is 6.43. The highest BCUT2D eigenvalue weighted by molar-refractivity contribution is 5.43. The molecule has 0 atom stereocenters. The molecule has 6 nitrogen and oxygen atoms in total. The van der Waals surface area contributed by atoms with Gasteiger partial charge in [0.25, 0.3) is 0 Å². The molecule has 0 spiro atoms. The van der Waals surface area contributed by atoms with Gasteiger partial charge in [-0.25, -0.2) is 0 Å². The number of nitrogens with zero attached hydrogens (tertiary/aromatic N) is 3. The minimum absolute atomic E-state index is 0.612. The highest BCUT2D eigenvalue weighted by Gasteiger charge is 2.18. The third-order valence-corrected chi connectivity index (χ3v) is 4.56. The summed E-state index contributed by atoms with van der Waals surface area (Å²) in [7, 11) is 3.26. The van der Waals surface area contributed by atoms with Gasteiger partial charge in [-0.1, -0.05) is 18.1 Å². The van der Waals surface area contributed by atoms with E-state index in [1.165, 1.54) is 12.8 Å². The van der Waals surface area contributed by atoms with Crippen molar-refractivity contribution in [2.45, 2.75) is 32.7 Å². The number of rotatable bonds is 6. The molecule has 1 aromatic carbocycles. The average Bonchev–Trinajstić information content (AvgIpc) is 3.03. The van der Waals surface area contributed by atoms with Crippen LogP contribution in [0.4, 0.5) is 0 Å². The van der Waals surface area contributed by atoms with Gasteiger partial charge in [0.15, 0.2) is 17.3 Å². The molecule has 0 amide bonds. The van der Waals surface area contributed by atoms with Crippen molar-refractivity contribution in [2.24, 2.45) is 5.92 Å². The van der Waals surface area contributed by atoms with Crippen LogP contribution in [0.2, 0.25) is 0 Å². The molecule has 24 heavy (non-hydrogen) atoms. The lowest BCUT2D eigenvalue weighted by molar-refractivity contribution is 0.165. The van der Waals surface area contributed by atoms with Crippen molar-refractivity contribution >= 4 is 0 Å². The zero-order chi connectivity index (χ0) is 16.9. The van der Waals surface area contributed by atoms with Gasteiger partial charge in [-0.05, 0) is 49.5 Å². The molecule has 6 heteroatoms. The van der Waals surface area contributed by atoms with Crippen molar-refractivity contribution in [2.75, 3.05) is 27.3 Å². The molecule has 1 saturated heterocycles. The number of methoxy groups -OCH3 is 2. The van der Waals surface area contributed by atoms with Crippen molar-refractivity contribution < 1.29 is 14.0 Å². The molecule has 0 radical (unpaired) electrons. The van der Waals surface area contributed by atoms with Crippen LogP contribution in [0.15, 0.2) is 22.7 Å². The molecular weight excluding hydrogens is 306 g/mol. The van der Waals surface area contributed by atoms with Crippen molar-refractivity contribution in [3.63, 3.8) is 0 Å². The van der Waals surface area contributed by atoms with Crippen LogP contribution < -0.4 is 9.47 Å². The first-order valence-corrected chi connectivity index (χ1v) is 8.42. The van der Waals surface area contributed by atoms with E-state index in [0.29, 0.717) is 23.9 Å². The number of piperidine rings is 1. The van der Waals surface area contributed by atoms with E-state index in [-0.39, 0.29) is 0 Å². The standard InChI is InChI=1S/C18H25N3O3/c1-13-6-8-21(9-7-13)12-18-19-17(20-24-18)11-14-4-5-15(22-2)16(10-14)23-3/h4-5,10,13H,6-9,11-12H2,1-3H3. The Morgan fingerprint density at radius 2 is 1.92 bits per heavy atom. The maximum atomic E-state index is 5.41. The van der Waals surface area contributed by atoms with Crippen molar-refractivity contribution in [3.05, 3.63) is 35.5 Å². The largest absolute Gasteiger partial charge is 0.493 e. The quantitative estimate of drug-likeness (QED) is 0.811. The summed E-state index contributed by atoms with van der Waals surface area (Å²) in [6, 6.07) is 5.83. The second-order valence-corrected chi connectivity index (χ2v) is 6.43. The minimum atomic E-state index is 0.612. The van der Waals surface area contributed by atoms with Crippen LogP contribution in [0, 0.1) is 5.92 Å². The second kappa shape index (κ2) is 7.66. The van der Waals surface area contributed by atoms with Gasteiger partial charge >= 0.3 is 0 Å². The lowest BCUT2D eigenvalue weighted by atomic mass is 9.99. The van der Waals surface area contributed by atoms with Crippen LogP contribution in [0.1, 0.15) is 37.0 Å². The van der Waals surface area contributed by atoms with Crippen LogP contribution in [-0.4, -0.2) is 42.3 Å². The van der Waals surface area contributed by atoms with Gasteiger partial charge in [-0.3, -0.25) is 4.90 Å². The summed E-state index contributed by atoms with van der Waals surface area (Å²) in [6.45, 7) is 5.26. The smallest absolute Gasteiger partial charge is 0.240 e. The Bertz CT molecular complexity index is 663. The Balaban J connectivity index is 1.61. The summed E-state index contributed by atoms with van der Waals surface area (Å²) < 4.78 is 16.0. The van der Waals surface area contributed by atoms with Crippen LogP contribution >= 0.6 is 0 Å². The van der Waals surface area contributed by atoms with E-state index in [4.69, 9.17) is 14.0 Å². The van der Waals surface area contributed by atoms with E-state index in [0.717, 1.165) is 36.9 Å². The SMILES string of the molecule is COc1ccc(Cc2noc(CN3CCC(C)CC3)n2)cc1OC. The van der Waals surface area contributed by atoms with Crippen LogP contribution in [0.3, 0.4) is 0 Å². The Morgan fingerprint density at radius 3 is 2.62 bits per heavy atom. The van der Waals surface area contributed by atoms with E-state index < -0.39 is 0 Å². The normalized spacial score (nSPS) is 16.3. The summed E-state index contributed by atoms with van der Waals surface area (Å²) in [4.78, 5) is 6.91. The summed E-state index contributed by atoms with van der Waals surface area (Å²) in [5, 5.41) is 4.11. The maximum Gasteiger partial charge on any atom is 0.240 e. The van der Waals surface area contributed by atoms with E-state index in [1.807, 2.05) is 18.2 Å². The summed E-state index contributed by atoms with van der Waals surface area (Å²) in [6.07, 6.45) is 3.10. The molecule has 0 aliphatic carbocycles. The lowest BCUT2D eigenvalue weighted by Gasteiger charge is -2.28. The monoisotopic (exact) mass is 331 g/mol. The first-order valence-electron chi connectivity index (χ1n) is 8.42. The molecule has 1 aliphatic heterocycles. The van der Waals surface area contributed by atoms with Gasteiger partial charge < -0.3 is 14.0 Å². The first kappa shape index (κ1) is 16.8. The zero-order valence-corrected chi connectivity index (χ0v) is 14.6. The number of likely N-dealkylation sites (tertiary alicyclic amines) is 1. The fraction of sp³-hybridized carbons (Fsp3) is 0.556. The van der Waals surface area contributed by atoms with E-state index in [9.17, 15) is 0 Å². The van der Waals surface area contributed by atoms with Gasteiger partial charge in [0.05, 0.1) is 20.8 Å². The molecule has 1 aliphatic rings. The Kier molecular flexibility index (Phi) is 5.35. The van der Waals surface area contributed by atoms with Crippen molar-refractivity contribution in [3.8, 4) is 11.5 Å². The third kappa shape index (κ3) is 4.06. The molecule has 1 aromatic heterocycles. The van der Waals surface area contributed by atoms with Gasteiger partial charge in [-0.15, -0.1) is 0 Å². The van der Waals surface area contributed by atoms with Gasteiger partial charge in [0.1, 0.15) is 0 Å². The van der Waals surface area contributed by atoms with Crippen LogP contribution in [0.5, 0.6) is 11.5 Å². The molecule has 2 heterocycles. The number of hydrogen-bond acceptors (Lipinski definition) is 6. The average molecular weight is 331 g/mol. The van der Waals surface area contributed by atoms with E-state index in [2.05, 4.69) is 22.0 Å². The molecule has 3 rings (SSSR count). The highest BCUT2D eigenvalue weighted by Crippen LogP contribution is 2.28. The number of aromatic nitrogens is 2. The molecule has 0 bridgehead atoms. The fourth-order valence-corrected chi connectivity index (χ4v) is 3.01. The van der Waals surface area contributed by atoms with Gasteiger partial charge in [-0.2, -0.15) is 4.98 Å². The molecule has 2 aromatic rings. The predicted octanol–water partition coefficient (Wildman–Crippen LogP) is 2.91. The fourth-order valence-electron chi connectivity index (χ4n) is 3.01. The van der Waals surface area contributed by atoms with Crippen LogP contribution in [-0.2, 0) is 13.0 Å². The predicted molar refractivity (Wildman–Crippen MR) is 90.3 cm³/mol. The third-order valence-electron chi connectivity index (χ3n) is 4.56. The molecule has 0 saturated carbocycles. The van der Waals surface area contributed by atoms with Crippen LogP contribution in [0.25, 0.3) is 0 Å². The molecule has 0 N–H and O–H groups in total. The lowest BCUT2D eigenvalue weighted by Crippen LogP contribution is -2.32. The topological polar surface area (TPSA) is 60.6 Å². The summed E-state index contributed by atoms with van der Waals surface area (Å²) in [5.74, 6) is 3.64. The first-order chi connectivity index (χ1) is 11.7. The minimum Gasteiger partial charge on any atom is -0.493 e. The molecule has 1 fully saturated rings. The molecule has 130 valence electrons. The Labute approximate surface area is 142 Å². The maximum absolute atomic E-state index is 5.41. The van der Waals surface area contributed by atoms with Gasteiger partial charge in [0, 0.05) is 6.42 Å². The number of hydrogen-bond donors (Lipinski definition) is 0. The summed E-state index contributed by atoms with van der Waals surface area (Å²) in [5.41, 5.74) is 1.06. The Morgan fingerprint density at radius 1 is 1.17 bits per heavy atom. The Hall–Kier alpha value is -2.08. The summed E-state index contributed by atoms with van der Waals surface area (Å²) >= 11 is 0. The van der Waals surface area contributed by atoms with Gasteiger partial charge in [0.2, 0.25) is 5.89 Å². The van der Waals surface area contributed by atoms with Crippen molar-refractivity contribution in [1.82, 2.24) is 15.0 Å². The van der Waals surface area contributed by atoms with Crippen molar-refractivity contribution in [1.29, 1.82) is 0 Å². The highest BCUT2D eigenvalue weighted by atomic mass is 16.5.